The van der Waals surface area contributed by atoms with Crippen LogP contribution in [0.3, 0.4) is 0 Å². The van der Waals surface area contributed by atoms with E-state index in [9.17, 15) is 4.79 Å². The Morgan fingerprint density at radius 1 is 1.18 bits per heavy atom. The number of anilines is 1. The van der Waals surface area contributed by atoms with Crippen LogP contribution in [0, 0.1) is 5.92 Å². The molecule has 5 rings (SSSR count). The highest BCUT2D eigenvalue weighted by molar-refractivity contribution is 7.18. The van der Waals surface area contributed by atoms with E-state index in [1.807, 2.05) is 0 Å². The first-order valence-electron chi connectivity index (χ1n) is 10.2. The predicted molar refractivity (Wildman–Crippen MR) is 115 cm³/mol. The van der Waals surface area contributed by atoms with Crippen LogP contribution in [0.1, 0.15) is 29.6 Å². The van der Waals surface area contributed by atoms with E-state index < -0.39 is 0 Å². The van der Waals surface area contributed by atoms with E-state index in [-0.39, 0.29) is 5.56 Å². The second-order valence-corrected chi connectivity index (χ2v) is 9.23. The lowest BCUT2D eigenvalue weighted by Gasteiger charge is -2.35. The number of fused-ring (bicyclic) bond motifs is 3. The molecule has 0 bridgehead atoms. The van der Waals surface area contributed by atoms with Gasteiger partial charge in [0.05, 0.1) is 11.9 Å². The molecule has 0 saturated carbocycles. The number of hydrogen-bond donors (Lipinski definition) is 1. The number of aromatic amines is 1. The molecule has 2 aromatic heterocycles. The zero-order valence-electron chi connectivity index (χ0n) is 16.3. The van der Waals surface area contributed by atoms with Crippen LogP contribution in [0.25, 0.3) is 10.2 Å². The zero-order valence-corrected chi connectivity index (χ0v) is 17.1. The fourth-order valence-electron chi connectivity index (χ4n) is 4.48. The van der Waals surface area contributed by atoms with Crippen molar-refractivity contribution in [3.63, 3.8) is 0 Å². The summed E-state index contributed by atoms with van der Waals surface area (Å²) in [5.74, 6) is 1.51. The third kappa shape index (κ3) is 3.35. The number of thiophene rings is 1. The highest BCUT2D eigenvalue weighted by Gasteiger charge is 2.24. The molecule has 146 valence electrons. The van der Waals surface area contributed by atoms with Crippen molar-refractivity contribution in [1.29, 1.82) is 0 Å². The van der Waals surface area contributed by atoms with Crippen LogP contribution in [0.4, 0.5) is 5.69 Å². The summed E-state index contributed by atoms with van der Waals surface area (Å²) in [5.41, 5.74) is 2.60. The molecule has 0 radical (unpaired) electrons. The van der Waals surface area contributed by atoms with Gasteiger partial charge in [0.15, 0.2) is 0 Å². The van der Waals surface area contributed by atoms with Gasteiger partial charge in [-0.2, -0.15) is 0 Å². The van der Waals surface area contributed by atoms with Crippen molar-refractivity contribution in [2.45, 2.75) is 32.7 Å². The van der Waals surface area contributed by atoms with Crippen LogP contribution in [0.15, 0.2) is 35.1 Å². The molecule has 1 fully saturated rings. The molecule has 0 amide bonds. The smallest absolute Gasteiger partial charge is 0.259 e. The molecule has 1 aliphatic carbocycles. The first-order chi connectivity index (χ1) is 13.7. The second kappa shape index (κ2) is 7.33. The lowest BCUT2D eigenvalue weighted by Crippen LogP contribution is -2.46. The predicted octanol–water partition coefficient (Wildman–Crippen LogP) is 3.43. The molecule has 1 atom stereocenters. The minimum atomic E-state index is 0.0509. The minimum absolute atomic E-state index is 0.0509. The summed E-state index contributed by atoms with van der Waals surface area (Å²) in [7, 11) is 0. The molecule has 3 heterocycles. The van der Waals surface area contributed by atoms with Crippen molar-refractivity contribution in [1.82, 2.24) is 14.9 Å². The summed E-state index contributed by atoms with van der Waals surface area (Å²) in [5, 5.41) is 0.851. The number of aromatic nitrogens is 2. The molecule has 1 unspecified atom stereocenters. The van der Waals surface area contributed by atoms with E-state index in [1.54, 1.807) is 11.3 Å². The van der Waals surface area contributed by atoms with Crippen molar-refractivity contribution in [3.05, 3.63) is 57.0 Å². The average molecular weight is 395 g/mol. The molecule has 2 aliphatic rings. The molecular formula is C22H26N4OS. The topological polar surface area (TPSA) is 52.2 Å². The number of H-pyrrole nitrogens is 1. The Morgan fingerprint density at radius 2 is 1.96 bits per heavy atom. The summed E-state index contributed by atoms with van der Waals surface area (Å²) in [6, 6.07) is 10.6. The summed E-state index contributed by atoms with van der Waals surface area (Å²) >= 11 is 1.73. The van der Waals surface area contributed by atoms with Crippen molar-refractivity contribution in [2.24, 2.45) is 5.92 Å². The van der Waals surface area contributed by atoms with Crippen LogP contribution in [-0.4, -0.2) is 41.0 Å². The van der Waals surface area contributed by atoms with Gasteiger partial charge in [0, 0.05) is 36.7 Å². The Kier molecular flexibility index (Phi) is 4.69. The lowest BCUT2D eigenvalue weighted by molar-refractivity contribution is 0.244. The molecule has 3 aromatic rings. The Hall–Kier alpha value is -2.18. The molecule has 1 aromatic carbocycles. The van der Waals surface area contributed by atoms with Crippen LogP contribution < -0.4 is 10.5 Å². The van der Waals surface area contributed by atoms with Gasteiger partial charge in [0.2, 0.25) is 0 Å². The van der Waals surface area contributed by atoms with Crippen LogP contribution in [-0.2, 0) is 19.4 Å². The monoisotopic (exact) mass is 394 g/mol. The highest BCUT2D eigenvalue weighted by atomic mass is 32.1. The maximum Gasteiger partial charge on any atom is 0.259 e. The molecule has 0 spiro atoms. The maximum absolute atomic E-state index is 12.8. The van der Waals surface area contributed by atoms with E-state index >= 15 is 0 Å². The molecule has 6 heteroatoms. The van der Waals surface area contributed by atoms with Crippen molar-refractivity contribution < 1.29 is 0 Å². The van der Waals surface area contributed by atoms with Crippen molar-refractivity contribution >= 4 is 27.2 Å². The van der Waals surface area contributed by atoms with Gasteiger partial charge in [0.25, 0.3) is 5.56 Å². The second-order valence-electron chi connectivity index (χ2n) is 8.14. The number of nitrogens with one attached hydrogen (secondary N) is 1. The largest absolute Gasteiger partial charge is 0.369 e. The third-order valence-corrected chi connectivity index (χ3v) is 7.23. The molecule has 1 saturated heterocycles. The van der Waals surface area contributed by atoms with Crippen molar-refractivity contribution in [3.8, 4) is 0 Å². The first-order valence-corrected chi connectivity index (χ1v) is 11.0. The number of benzene rings is 1. The number of aryl methyl sites for hydroxylation is 1. The maximum atomic E-state index is 12.8. The molecule has 28 heavy (non-hydrogen) atoms. The van der Waals surface area contributed by atoms with Gasteiger partial charge in [-0.15, -0.1) is 11.3 Å². The van der Waals surface area contributed by atoms with E-state index in [4.69, 9.17) is 4.98 Å². The number of piperazine rings is 1. The Morgan fingerprint density at radius 3 is 2.75 bits per heavy atom. The number of hydrogen-bond acceptors (Lipinski definition) is 5. The molecular weight excluding hydrogens is 368 g/mol. The van der Waals surface area contributed by atoms with E-state index in [1.165, 1.54) is 22.5 Å². The number of nitrogens with zero attached hydrogens (tertiary/aromatic N) is 3. The summed E-state index contributed by atoms with van der Waals surface area (Å²) in [4.78, 5) is 27.8. The fourth-order valence-corrected chi connectivity index (χ4v) is 5.89. The van der Waals surface area contributed by atoms with Crippen molar-refractivity contribution in [2.75, 3.05) is 31.1 Å². The first kappa shape index (κ1) is 17.9. The van der Waals surface area contributed by atoms with E-state index in [2.05, 4.69) is 52.0 Å². The summed E-state index contributed by atoms with van der Waals surface area (Å²) < 4.78 is 0. The number of para-hydroxylation sites is 1. The van der Waals surface area contributed by atoms with Gasteiger partial charge in [-0.25, -0.2) is 4.98 Å². The lowest BCUT2D eigenvalue weighted by atomic mass is 9.89. The Labute approximate surface area is 169 Å². The number of rotatable bonds is 3. The quantitative estimate of drug-likeness (QED) is 0.739. The van der Waals surface area contributed by atoms with Gasteiger partial charge >= 0.3 is 0 Å². The van der Waals surface area contributed by atoms with Gasteiger partial charge in [-0.05, 0) is 42.9 Å². The fraction of sp³-hybridized carbons (Fsp3) is 0.455. The molecule has 1 N–H and O–H groups in total. The SMILES string of the molecule is CC1CCc2c(sc3nc(CN4CCN(c5ccccc5)CC4)[nH]c(=O)c23)C1. The average Bonchev–Trinajstić information content (AvgIpc) is 3.07. The minimum Gasteiger partial charge on any atom is -0.369 e. The molecule has 5 nitrogen and oxygen atoms in total. The van der Waals surface area contributed by atoms with E-state index in [0.717, 1.165) is 55.1 Å². The Balaban J connectivity index is 1.32. The van der Waals surface area contributed by atoms with Crippen LogP contribution >= 0.6 is 11.3 Å². The standard InChI is InChI=1S/C22H26N4OS/c1-15-7-8-17-18(13-15)28-22-20(17)21(27)23-19(24-22)14-25-9-11-26(12-10-25)16-5-3-2-4-6-16/h2-6,15H,7-14H2,1H3,(H,23,24,27). The molecule has 1 aliphatic heterocycles. The third-order valence-electron chi connectivity index (χ3n) is 6.08. The summed E-state index contributed by atoms with van der Waals surface area (Å²) in [6.07, 6.45) is 3.28. The van der Waals surface area contributed by atoms with Gasteiger partial charge < -0.3 is 9.88 Å². The normalized spacial score (nSPS) is 20.5. The van der Waals surface area contributed by atoms with Gasteiger partial charge in [0.1, 0.15) is 10.7 Å². The van der Waals surface area contributed by atoms with E-state index in [0.29, 0.717) is 12.5 Å². The highest BCUT2D eigenvalue weighted by Crippen LogP contribution is 2.35. The Bertz CT molecular complexity index is 1030. The van der Waals surface area contributed by atoms with Gasteiger partial charge in [-0.1, -0.05) is 25.1 Å². The van der Waals surface area contributed by atoms with Crippen LogP contribution in [0.5, 0.6) is 0 Å². The summed E-state index contributed by atoms with van der Waals surface area (Å²) in [6.45, 7) is 6.98. The van der Waals surface area contributed by atoms with Gasteiger partial charge in [-0.3, -0.25) is 9.69 Å². The zero-order chi connectivity index (χ0) is 19.1. The van der Waals surface area contributed by atoms with Crippen LogP contribution in [0.2, 0.25) is 0 Å².